The van der Waals surface area contributed by atoms with Crippen LogP contribution in [0.3, 0.4) is 0 Å². The number of hydrogen-bond acceptors (Lipinski definition) is 3. The molecule has 2 aromatic carbocycles. The third-order valence-corrected chi connectivity index (χ3v) is 3.47. The van der Waals surface area contributed by atoms with Crippen molar-refractivity contribution in [2.45, 2.75) is 13.3 Å². The van der Waals surface area contributed by atoms with E-state index in [0.717, 1.165) is 11.8 Å². The third kappa shape index (κ3) is 1.53. The first-order valence-corrected chi connectivity index (χ1v) is 6.32. The van der Waals surface area contributed by atoms with Gasteiger partial charge in [-0.15, -0.1) is 0 Å². The van der Waals surface area contributed by atoms with Crippen molar-refractivity contribution in [3.63, 3.8) is 0 Å². The highest BCUT2D eigenvalue weighted by Gasteiger charge is 2.32. The number of carbonyl (C=O) groups excluding carboxylic acids is 2. The Labute approximate surface area is 110 Å². The second kappa shape index (κ2) is 4.09. The molecular weight excluding hydrogens is 240 g/mol. The van der Waals surface area contributed by atoms with Gasteiger partial charge in [-0.25, -0.2) is 0 Å². The summed E-state index contributed by atoms with van der Waals surface area (Å²) < 4.78 is 0. The Morgan fingerprint density at radius 1 is 1.05 bits per heavy atom. The highest BCUT2D eigenvalue weighted by atomic mass is 16.2. The molecule has 4 heteroatoms. The largest absolute Gasteiger partial charge is 0.398 e. The number of carbonyl (C=O) groups is 2. The average Bonchev–Trinajstić information content (AvgIpc) is 2.42. The van der Waals surface area contributed by atoms with E-state index in [-0.39, 0.29) is 11.8 Å². The summed E-state index contributed by atoms with van der Waals surface area (Å²) in [6.45, 7) is 2.39. The molecule has 0 aliphatic carbocycles. The van der Waals surface area contributed by atoms with Crippen LogP contribution in [-0.2, 0) is 0 Å². The van der Waals surface area contributed by atoms with Crippen LogP contribution in [0.1, 0.15) is 34.1 Å². The van der Waals surface area contributed by atoms with Gasteiger partial charge >= 0.3 is 0 Å². The quantitative estimate of drug-likeness (QED) is 0.661. The monoisotopic (exact) mass is 254 g/mol. The van der Waals surface area contributed by atoms with E-state index in [1.165, 1.54) is 4.90 Å². The number of nitrogens with two attached hydrogens (primary N) is 1. The maximum absolute atomic E-state index is 12.4. The first kappa shape index (κ1) is 11.7. The van der Waals surface area contributed by atoms with Gasteiger partial charge in [-0.1, -0.05) is 19.1 Å². The lowest BCUT2D eigenvalue weighted by atomic mass is 9.93. The fourth-order valence-electron chi connectivity index (χ4n) is 2.60. The number of benzene rings is 2. The van der Waals surface area contributed by atoms with Gasteiger partial charge in [0.15, 0.2) is 0 Å². The summed E-state index contributed by atoms with van der Waals surface area (Å²) >= 11 is 0. The maximum atomic E-state index is 12.4. The lowest BCUT2D eigenvalue weighted by molar-refractivity contribution is 0.0611. The smallest absolute Gasteiger partial charge is 0.261 e. The van der Waals surface area contributed by atoms with Crippen molar-refractivity contribution in [3.05, 3.63) is 41.5 Å². The number of hydrogen-bond donors (Lipinski definition) is 1. The van der Waals surface area contributed by atoms with Crippen LogP contribution in [0, 0.1) is 0 Å². The molecule has 0 saturated carbocycles. The molecule has 96 valence electrons. The van der Waals surface area contributed by atoms with Gasteiger partial charge in [0.2, 0.25) is 0 Å². The molecule has 1 heterocycles. The number of imide groups is 1. The van der Waals surface area contributed by atoms with Crippen molar-refractivity contribution in [3.8, 4) is 0 Å². The Kier molecular flexibility index (Phi) is 2.52. The summed E-state index contributed by atoms with van der Waals surface area (Å²) in [7, 11) is 0. The zero-order chi connectivity index (χ0) is 13.6. The lowest BCUT2D eigenvalue weighted by Gasteiger charge is -2.27. The first-order chi connectivity index (χ1) is 9.15. The van der Waals surface area contributed by atoms with Crippen molar-refractivity contribution in [2.75, 3.05) is 12.3 Å². The van der Waals surface area contributed by atoms with Crippen LogP contribution in [0.2, 0.25) is 0 Å². The number of anilines is 1. The molecule has 0 aromatic heterocycles. The van der Waals surface area contributed by atoms with Crippen LogP contribution < -0.4 is 5.73 Å². The van der Waals surface area contributed by atoms with Crippen molar-refractivity contribution in [1.29, 1.82) is 0 Å². The molecule has 0 unspecified atom stereocenters. The summed E-state index contributed by atoms with van der Waals surface area (Å²) in [4.78, 5) is 26.1. The van der Waals surface area contributed by atoms with Crippen LogP contribution in [0.15, 0.2) is 30.3 Å². The normalized spacial score (nSPS) is 14.3. The van der Waals surface area contributed by atoms with Crippen molar-refractivity contribution >= 4 is 28.3 Å². The van der Waals surface area contributed by atoms with Crippen LogP contribution in [-0.4, -0.2) is 23.3 Å². The fourth-order valence-corrected chi connectivity index (χ4v) is 2.60. The van der Waals surface area contributed by atoms with E-state index in [1.54, 1.807) is 24.3 Å². The van der Waals surface area contributed by atoms with Crippen molar-refractivity contribution < 1.29 is 9.59 Å². The Morgan fingerprint density at radius 2 is 1.74 bits per heavy atom. The van der Waals surface area contributed by atoms with Gasteiger partial charge in [0, 0.05) is 34.1 Å². The molecule has 0 radical (unpaired) electrons. The predicted molar refractivity (Wildman–Crippen MR) is 74.0 cm³/mol. The van der Waals surface area contributed by atoms with E-state index in [1.807, 2.05) is 13.0 Å². The minimum absolute atomic E-state index is 0.226. The molecule has 1 aliphatic rings. The molecule has 2 amide bonds. The summed E-state index contributed by atoms with van der Waals surface area (Å²) in [6.07, 6.45) is 0.748. The van der Waals surface area contributed by atoms with Crippen LogP contribution in [0.5, 0.6) is 0 Å². The molecule has 2 N–H and O–H groups in total. The lowest BCUT2D eigenvalue weighted by Crippen LogP contribution is -2.40. The van der Waals surface area contributed by atoms with E-state index in [9.17, 15) is 9.59 Å². The van der Waals surface area contributed by atoms with Gasteiger partial charge in [0.1, 0.15) is 0 Å². The Balaban J connectivity index is 2.35. The number of nitrogen functional groups attached to an aromatic ring is 1. The number of amides is 2. The fraction of sp³-hybridized carbons (Fsp3) is 0.200. The molecular formula is C15H14N2O2. The standard InChI is InChI=1S/C15H14N2O2/c1-2-8-17-14(18)10-5-3-4-9-12(16)7-6-11(13(9)10)15(17)19/h3-7H,2,8,16H2,1H3. The van der Waals surface area contributed by atoms with Crippen LogP contribution >= 0.6 is 0 Å². The Morgan fingerprint density at radius 3 is 2.42 bits per heavy atom. The SMILES string of the molecule is CCCN1C(=O)c2cccc3c(N)ccc(c23)C1=O. The minimum Gasteiger partial charge on any atom is -0.398 e. The molecule has 0 bridgehead atoms. The van der Waals surface area contributed by atoms with Gasteiger partial charge in [-0.2, -0.15) is 0 Å². The summed E-state index contributed by atoms with van der Waals surface area (Å²) in [5, 5.41) is 1.46. The zero-order valence-electron chi connectivity index (χ0n) is 10.6. The second-order valence-electron chi connectivity index (χ2n) is 4.69. The van der Waals surface area contributed by atoms with Crippen LogP contribution in [0.25, 0.3) is 10.8 Å². The zero-order valence-corrected chi connectivity index (χ0v) is 10.6. The summed E-state index contributed by atoms with van der Waals surface area (Å²) in [6, 6.07) is 8.82. The molecule has 1 aliphatic heterocycles. The summed E-state index contributed by atoms with van der Waals surface area (Å²) in [5.74, 6) is -0.453. The first-order valence-electron chi connectivity index (χ1n) is 6.32. The van der Waals surface area contributed by atoms with Gasteiger partial charge in [0.05, 0.1) is 0 Å². The molecule has 4 nitrogen and oxygen atoms in total. The Bertz CT molecular complexity index is 684. The topological polar surface area (TPSA) is 63.4 Å². The van der Waals surface area contributed by atoms with Crippen LogP contribution in [0.4, 0.5) is 5.69 Å². The van der Waals surface area contributed by atoms with E-state index in [0.29, 0.717) is 28.7 Å². The van der Waals surface area contributed by atoms with Gasteiger partial charge in [-0.3, -0.25) is 14.5 Å². The molecule has 0 fully saturated rings. The van der Waals surface area contributed by atoms with Crippen molar-refractivity contribution in [2.24, 2.45) is 0 Å². The predicted octanol–water partition coefficient (Wildman–Crippen LogP) is 2.43. The number of nitrogens with zero attached hydrogens (tertiary/aromatic N) is 1. The maximum Gasteiger partial charge on any atom is 0.261 e. The average molecular weight is 254 g/mol. The third-order valence-electron chi connectivity index (χ3n) is 3.47. The summed E-state index contributed by atoms with van der Waals surface area (Å²) in [5.41, 5.74) is 7.63. The van der Waals surface area contributed by atoms with E-state index >= 15 is 0 Å². The molecule has 2 aromatic rings. The van der Waals surface area contributed by atoms with Gasteiger partial charge in [0.25, 0.3) is 11.8 Å². The van der Waals surface area contributed by atoms with E-state index < -0.39 is 0 Å². The highest BCUT2D eigenvalue weighted by Crippen LogP contribution is 2.33. The molecule has 0 spiro atoms. The molecule has 19 heavy (non-hydrogen) atoms. The van der Waals surface area contributed by atoms with Gasteiger partial charge < -0.3 is 5.73 Å². The second-order valence-corrected chi connectivity index (χ2v) is 4.69. The minimum atomic E-state index is -0.226. The van der Waals surface area contributed by atoms with Gasteiger partial charge in [-0.05, 0) is 24.6 Å². The molecule has 0 atom stereocenters. The highest BCUT2D eigenvalue weighted by molar-refractivity contribution is 6.26. The van der Waals surface area contributed by atoms with Crippen molar-refractivity contribution in [1.82, 2.24) is 4.90 Å². The molecule has 0 saturated heterocycles. The Hall–Kier alpha value is -2.36. The van der Waals surface area contributed by atoms with E-state index in [4.69, 9.17) is 5.73 Å². The number of rotatable bonds is 2. The van der Waals surface area contributed by atoms with E-state index in [2.05, 4.69) is 0 Å². The molecule has 3 rings (SSSR count).